The van der Waals surface area contributed by atoms with E-state index in [1.165, 1.54) is 128 Å². The van der Waals surface area contributed by atoms with Crippen molar-refractivity contribution in [2.45, 2.75) is 142 Å². The fourth-order valence-electron chi connectivity index (χ4n) is 3.49. The lowest BCUT2D eigenvalue weighted by Gasteiger charge is -2.05. The highest BCUT2D eigenvalue weighted by Crippen LogP contribution is 2.12. The minimum atomic E-state index is -0.125. The Morgan fingerprint density at radius 3 is 0.360 bits per heavy atom. The molecule has 0 aromatic carbocycles. The van der Waals surface area contributed by atoms with Gasteiger partial charge in [0.15, 0.2) is 0 Å². The molecule has 0 saturated heterocycles. The molecule has 0 fully saturated rings. The maximum atomic E-state index is 7.62. The van der Waals surface area contributed by atoms with Crippen LogP contribution < -0.4 is 0 Å². The highest BCUT2D eigenvalue weighted by atomic mass is 16.5. The largest absolute Gasteiger partial charge is 0.394 e. The van der Waals surface area contributed by atoms with Crippen LogP contribution in [-0.4, -0.2) is 36.6 Å². The minimum Gasteiger partial charge on any atom is -0.394 e. The van der Waals surface area contributed by atoms with E-state index in [1.54, 1.807) is 0 Å². The summed E-state index contributed by atoms with van der Waals surface area (Å²) in [6.45, 7) is 144. The van der Waals surface area contributed by atoms with E-state index in [9.17, 15) is 0 Å². The highest BCUT2D eigenvalue weighted by molar-refractivity contribution is 4.49. The zero-order valence-electron chi connectivity index (χ0n) is 52.8. The van der Waals surface area contributed by atoms with Gasteiger partial charge in [-0.3, -0.25) is 0 Å². The zero-order chi connectivity index (χ0) is 67.7. The van der Waals surface area contributed by atoms with Gasteiger partial charge in [-0.05, 0) is 12.8 Å². The molecular formula is C72H148O3. The molecule has 454 valence electrons. The lowest BCUT2D eigenvalue weighted by molar-refractivity contribution is 0.125. The average molecular weight is 1060 g/mol. The van der Waals surface area contributed by atoms with Crippen LogP contribution >= 0.6 is 0 Å². The average Bonchev–Trinajstić information content (AvgIpc) is 3.58. The predicted octanol–water partition coefficient (Wildman–Crippen LogP) is 26.3. The normalized spacial score (nSPS) is 5.39. The number of aliphatic hydroxyl groups excluding tert-OH is 2. The number of rotatable bonds is 23. The van der Waals surface area contributed by atoms with E-state index in [1.807, 2.05) is 0 Å². The van der Waals surface area contributed by atoms with Crippen LogP contribution in [0.2, 0.25) is 0 Å². The molecule has 2 N–H and O–H groups in total. The molecule has 0 amide bonds. The number of hydrogen-bond donors (Lipinski definition) is 2. The number of ether oxygens (including phenoxy) is 1. The van der Waals surface area contributed by atoms with Gasteiger partial charge in [-0.15, -0.1) is 303 Å². The van der Waals surface area contributed by atoms with Gasteiger partial charge in [0.2, 0.25) is 0 Å². The summed E-state index contributed by atoms with van der Waals surface area (Å²) in [6, 6.07) is 0. The Morgan fingerprint density at radius 2 is 0.267 bits per heavy atom. The Labute approximate surface area is 484 Å². The summed E-state index contributed by atoms with van der Waals surface area (Å²) in [5.41, 5.74) is 0. The summed E-state index contributed by atoms with van der Waals surface area (Å²) >= 11 is 0. The fraction of sp³-hybridized carbons (Fsp3) is 0.361. The molecule has 75 heavy (non-hydrogen) atoms. The second kappa shape index (κ2) is 851. The maximum absolute atomic E-state index is 7.62. The minimum absolute atomic E-state index is 0.125. The van der Waals surface area contributed by atoms with Crippen molar-refractivity contribution in [1.29, 1.82) is 0 Å². The van der Waals surface area contributed by atoms with Gasteiger partial charge in [0.25, 0.3) is 0 Å². The van der Waals surface area contributed by atoms with E-state index in [0.717, 1.165) is 13.2 Å². The Kier molecular flexibility index (Phi) is 1870. The standard InChI is InChI=1S/C24H50O.C2H6O2.23C2H4/c1-3-5-7-9-11-13-15-17-19-21-23-25-24-22-20-18-16-14-12-10-8-6-4-2;3-1-2-4;23*1-2/h3-24H2,1-2H3;3-4H,1-2H2;23*1-2H2. The molecule has 3 nitrogen and oxygen atoms in total. The van der Waals surface area contributed by atoms with E-state index in [2.05, 4.69) is 316 Å². The second-order valence-electron chi connectivity index (χ2n) is 8.42. The summed E-state index contributed by atoms with van der Waals surface area (Å²) < 4.78 is 5.78. The third-order valence-corrected chi connectivity index (χ3v) is 5.38. The molecule has 3 heteroatoms. The summed E-state index contributed by atoms with van der Waals surface area (Å²) in [4.78, 5) is 0. The molecule has 0 aromatic heterocycles. The van der Waals surface area contributed by atoms with Crippen molar-refractivity contribution in [2.75, 3.05) is 26.4 Å². The molecule has 0 aliphatic rings. The Hall–Kier alpha value is -6.10. The highest BCUT2D eigenvalue weighted by Gasteiger charge is 1.95. The van der Waals surface area contributed by atoms with Crippen molar-refractivity contribution in [3.05, 3.63) is 303 Å². The molecular weight excluding hydrogens is 913 g/mol. The molecule has 0 atom stereocenters. The van der Waals surface area contributed by atoms with E-state index in [4.69, 9.17) is 14.9 Å². The number of aliphatic hydroxyl groups is 2. The predicted molar refractivity (Wildman–Crippen MR) is 388 cm³/mol. The van der Waals surface area contributed by atoms with Crippen molar-refractivity contribution >= 4 is 0 Å². The molecule has 0 aliphatic carbocycles. The monoisotopic (exact) mass is 1060 g/mol. The molecule has 0 aromatic rings. The van der Waals surface area contributed by atoms with Crippen LogP contribution in [0, 0.1) is 0 Å². The smallest absolute Gasteiger partial charge is 0.0662 e. The molecule has 0 rings (SSSR count). The lowest BCUT2D eigenvalue weighted by atomic mass is 10.1. The van der Waals surface area contributed by atoms with Gasteiger partial charge in [-0.25, -0.2) is 0 Å². The molecule has 0 bridgehead atoms. The van der Waals surface area contributed by atoms with Gasteiger partial charge >= 0.3 is 0 Å². The number of hydrogen-bond acceptors (Lipinski definition) is 3. The summed E-state index contributed by atoms with van der Waals surface area (Å²) in [6.07, 6.45) is 28.2. The van der Waals surface area contributed by atoms with E-state index >= 15 is 0 Å². The van der Waals surface area contributed by atoms with E-state index < -0.39 is 0 Å². The van der Waals surface area contributed by atoms with Crippen molar-refractivity contribution in [3.8, 4) is 0 Å². The van der Waals surface area contributed by atoms with Gasteiger partial charge in [-0.2, -0.15) is 0 Å². The van der Waals surface area contributed by atoms with Crippen molar-refractivity contribution in [2.24, 2.45) is 0 Å². The molecule has 0 unspecified atom stereocenters. The second-order valence-corrected chi connectivity index (χ2v) is 8.42. The van der Waals surface area contributed by atoms with E-state index in [-0.39, 0.29) is 13.2 Å². The van der Waals surface area contributed by atoms with Crippen LogP contribution in [0.1, 0.15) is 142 Å². The molecule has 0 radical (unpaired) electrons. The van der Waals surface area contributed by atoms with Crippen molar-refractivity contribution in [3.63, 3.8) is 0 Å². The molecule has 0 saturated carbocycles. The molecule has 0 spiro atoms. The first-order valence-corrected chi connectivity index (χ1v) is 24.6. The number of unbranched alkanes of at least 4 members (excludes halogenated alkanes) is 18. The first kappa shape index (κ1) is 165. The van der Waals surface area contributed by atoms with Crippen LogP contribution in [-0.2, 0) is 4.74 Å². The van der Waals surface area contributed by atoms with Gasteiger partial charge in [0.05, 0.1) is 13.2 Å². The van der Waals surface area contributed by atoms with Crippen molar-refractivity contribution in [1.82, 2.24) is 0 Å². The van der Waals surface area contributed by atoms with Gasteiger partial charge in [0.1, 0.15) is 0 Å². The third kappa shape index (κ3) is 1030. The van der Waals surface area contributed by atoms with Crippen LogP contribution in [0.15, 0.2) is 303 Å². The summed E-state index contributed by atoms with van der Waals surface area (Å²) in [7, 11) is 0. The van der Waals surface area contributed by atoms with Crippen LogP contribution in [0.5, 0.6) is 0 Å². The zero-order valence-corrected chi connectivity index (χ0v) is 52.8. The molecule has 0 aliphatic heterocycles. The van der Waals surface area contributed by atoms with Crippen LogP contribution in [0.25, 0.3) is 0 Å². The SMILES string of the molecule is C=C.C=C.C=C.C=C.C=C.C=C.C=C.C=C.C=C.C=C.C=C.C=C.C=C.C=C.C=C.C=C.C=C.C=C.C=C.C=C.C=C.C=C.C=C.CCCCCCCCCCCCOCCCCCCCCCCCC.OCCO. The maximum Gasteiger partial charge on any atom is 0.0662 e. The van der Waals surface area contributed by atoms with Gasteiger partial charge in [-0.1, -0.05) is 129 Å². The fourth-order valence-corrected chi connectivity index (χ4v) is 3.49. The Bertz CT molecular complexity index is 426. The quantitative estimate of drug-likeness (QED) is 0.0792. The van der Waals surface area contributed by atoms with Crippen molar-refractivity contribution < 1.29 is 14.9 Å². The van der Waals surface area contributed by atoms with Gasteiger partial charge < -0.3 is 14.9 Å². The topological polar surface area (TPSA) is 49.7 Å². The molecule has 0 heterocycles. The Morgan fingerprint density at radius 1 is 0.173 bits per heavy atom. The first-order valence-electron chi connectivity index (χ1n) is 24.6. The van der Waals surface area contributed by atoms with Crippen LogP contribution in [0.4, 0.5) is 0 Å². The summed E-state index contributed by atoms with van der Waals surface area (Å²) in [5, 5.41) is 15.2. The van der Waals surface area contributed by atoms with Crippen LogP contribution in [0.3, 0.4) is 0 Å². The Balaban J connectivity index is -0.0000000182. The first-order chi connectivity index (χ1) is 37.3. The van der Waals surface area contributed by atoms with Gasteiger partial charge in [0, 0.05) is 13.2 Å². The third-order valence-electron chi connectivity index (χ3n) is 5.38. The lowest BCUT2D eigenvalue weighted by Crippen LogP contribution is -1.97. The summed E-state index contributed by atoms with van der Waals surface area (Å²) in [5.74, 6) is 0. The van der Waals surface area contributed by atoms with E-state index in [0.29, 0.717) is 0 Å².